The second kappa shape index (κ2) is 9.61. The van der Waals surface area contributed by atoms with Gasteiger partial charge in [0.05, 0.1) is 0 Å². The van der Waals surface area contributed by atoms with Crippen molar-refractivity contribution >= 4 is 29.9 Å². The Hall–Kier alpha value is -0.820. The van der Waals surface area contributed by atoms with Crippen molar-refractivity contribution in [1.82, 2.24) is 15.5 Å². The Bertz CT molecular complexity index is 540. The molecule has 1 aliphatic heterocycles. The van der Waals surface area contributed by atoms with Crippen molar-refractivity contribution in [1.29, 1.82) is 0 Å². The Labute approximate surface area is 163 Å². The molecule has 0 spiro atoms. The van der Waals surface area contributed by atoms with Gasteiger partial charge in [0.1, 0.15) is 0 Å². The predicted octanol–water partition coefficient (Wildman–Crippen LogP) is 3.16. The van der Waals surface area contributed by atoms with Crippen molar-refractivity contribution in [2.24, 2.45) is 4.99 Å². The van der Waals surface area contributed by atoms with Gasteiger partial charge in [0, 0.05) is 38.8 Å². The summed E-state index contributed by atoms with van der Waals surface area (Å²) in [6.07, 6.45) is 6.41. The second-order valence-electron chi connectivity index (χ2n) is 6.92. The van der Waals surface area contributed by atoms with Gasteiger partial charge >= 0.3 is 0 Å². The summed E-state index contributed by atoms with van der Waals surface area (Å²) in [5, 5.41) is 7.07. The highest BCUT2D eigenvalue weighted by molar-refractivity contribution is 14.0. The zero-order valence-corrected chi connectivity index (χ0v) is 17.3. The fourth-order valence-corrected chi connectivity index (χ4v) is 3.73. The van der Waals surface area contributed by atoms with E-state index in [1.54, 1.807) is 0 Å². The summed E-state index contributed by atoms with van der Waals surface area (Å²) in [6.45, 7) is 5.46. The summed E-state index contributed by atoms with van der Waals surface area (Å²) < 4.78 is 0. The molecule has 1 atom stereocenters. The summed E-state index contributed by atoms with van der Waals surface area (Å²) in [4.78, 5) is 6.95. The minimum atomic E-state index is 0. The molecule has 0 aromatic heterocycles. The minimum absolute atomic E-state index is 0. The van der Waals surface area contributed by atoms with Crippen molar-refractivity contribution in [2.45, 2.75) is 57.7 Å². The molecule has 134 valence electrons. The molecule has 1 aliphatic carbocycles. The number of hydrogen-bond donors (Lipinski definition) is 2. The van der Waals surface area contributed by atoms with Crippen LogP contribution in [0.3, 0.4) is 0 Å². The Kier molecular flexibility index (Phi) is 7.81. The molecule has 1 heterocycles. The van der Waals surface area contributed by atoms with Gasteiger partial charge in [-0.1, -0.05) is 37.1 Å². The van der Waals surface area contributed by atoms with Gasteiger partial charge in [-0.25, -0.2) is 0 Å². The average Bonchev–Trinajstić information content (AvgIpc) is 3.11. The standard InChI is InChI=1S/C19H30N4.HI/c1-15(13-21-19(20-2)22-18-9-5-6-10-18)23-12-11-16-7-3-4-8-17(16)14-23;/h3-4,7-8,15,18H,5-6,9-14H2,1-2H3,(H2,20,21,22);1H. The third-order valence-corrected chi connectivity index (χ3v) is 5.27. The number of halogens is 1. The SMILES string of the molecule is CN=C(NCC(C)N1CCc2ccccc2C1)NC1CCCC1.I. The van der Waals surface area contributed by atoms with Crippen molar-refractivity contribution < 1.29 is 0 Å². The summed E-state index contributed by atoms with van der Waals surface area (Å²) in [7, 11) is 1.87. The smallest absolute Gasteiger partial charge is 0.191 e. The van der Waals surface area contributed by atoms with Crippen LogP contribution >= 0.6 is 24.0 Å². The first-order valence-corrected chi connectivity index (χ1v) is 9.04. The Balaban J connectivity index is 0.00000208. The van der Waals surface area contributed by atoms with Crippen LogP contribution in [0.15, 0.2) is 29.3 Å². The number of fused-ring (bicyclic) bond motifs is 1. The first kappa shape index (κ1) is 19.5. The highest BCUT2D eigenvalue weighted by Gasteiger charge is 2.21. The fourth-order valence-electron chi connectivity index (χ4n) is 3.73. The maximum atomic E-state index is 4.38. The lowest BCUT2D eigenvalue weighted by Crippen LogP contribution is -2.48. The first-order chi connectivity index (χ1) is 11.3. The highest BCUT2D eigenvalue weighted by Crippen LogP contribution is 2.20. The first-order valence-electron chi connectivity index (χ1n) is 9.04. The van der Waals surface area contributed by atoms with Gasteiger partial charge in [0.2, 0.25) is 0 Å². The number of benzene rings is 1. The lowest BCUT2D eigenvalue weighted by atomic mass is 9.99. The van der Waals surface area contributed by atoms with Gasteiger partial charge in [-0.3, -0.25) is 9.89 Å². The highest BCUT2D eigenvalue weighted by atomic mass is 127. The maximum Gasteiger partial charge on any atom is 0.191 e. The molecule has 3 rings (SSSR count). The van der Waals surface area contributed by atoms with Gasteiger partial charge < -0.3 is 10.6 Å². The van der Waals surface area contributed by atoms with Crippen LogP contribution in [0.5, 0.6) is 0 Å². The van der Waals surface area contributed by atoms with E-state index < -0.39 is 0 Å². The Morgan fingerprint density at radius 3 is 2.67 bits per heavy atom. The van der Waals surface area contributed by atoms with E-state index in [2.05, 4.69) is 51.7 Å². The molecule has 1 unspecified atom stereocenters. The molecule has 1 aromatic carbocycles. The van der Waals surface area contributed by atoms with Gasteiger partial charge in [-0.05, 0) is 37.3 Å². The number of nitrogens with one attached hydrogen (secondary N) is 2. The number of guanidine groups is 1. The molecule has 2 N–H and O–H groups in total. The van der Waals surface area contributed by atoms with Crippen molar-refractivity contribution in [2.75, 3.05) is 20.1 Å². The van der Waals surface area contributed by atoms with Crippen LogP contribution in [0, 0.1) is 0 Å². The molecular formula is C19H31IN4. The van der Waals surface area contributed by atoms with Gasteiger partial charge in [-0.15, -0.1) is 24.0 Å². The van der Waals surface area contributed by atoms with Crippen LogP contribution in [0.2, 0.25) is 0 Å². The summed E-state index contributed by atoms with van der Waals surface area (Å²) in [5.41, 5.74) is 3.00. The predicted molar refractivity (Wildman–Crippen MR) is 112 cm³/mol. The molecule has 1 saturated carbocycles. The molecule has 5 heteroatoms. The van der Waals surface area contributed by atoms with Crippen LogP contribution in [-0.2, 0) is 13.0 Å². The van der Waals surface area contributed by atoms with Gasteiger partial charge in [0.25, 0.3) is 0 Å². The Morgan fingerprint density at radius 1 is 1.25 bits per heavy atom. The zero-order chi connectivity index (χ0) is 16.1. The van der Waals surface area contributed by atoms with E-state index in [0.29, 0.717) is 12.1 Å². The van der Waals surface area contributed by atoms with Crippen molar-refractivity contribution in [3.8, 4) is 0 Å². The van der Waals surface area contributed by atoms with Gasteiger partial charge in [0.15, 0.2) is 5.96 Å². The topological polar surface area (TPSA) is 39.7 Å². The maximum absolute atomic E-state index is 4.38. The van der Waals surface area contributed by atoms with Crippen LogP contribution < -0.4 is 10.6 Å². The van der Waals surface area contributed by atoms with Crippen LogP contribution in [-0.4, -0.2) is 43.1 Å². The lowest BCUT2D eigenvalue weighted by molar-refractivity contribution is 0.191. The largest absolute Gasteiger partial charge is 0.355 e. The summed E-state index contributed by atoms with van der Waals surface area (Å²) in [6, 6.07) is 9.95. The molecular weight excluding hydrogens is 411 g/mol. The number of aliphatic imine (C=N–C) groups is 1. The number of nitrogens with zero attached hydrogens (tertiary/aromatic N) is 2. The normalized spacial score (nSPS) is 20.2. The van der Waals surface area contributed by atoms with Crippen LogP contribution in [0.4, 0.5) is 0 Å². The van der Waals surface area contributed by atoms with E-state index in [-0.39, 0.29) is 24.0 Å². The minimum Gasteiger partial charge on any atom is -0.355 e. The monoisotopic (exact) mass is 442 g/mol. The molecule has 1 fully saturated rings. The number of hydrogen-bond acceptors (Lipinski definition) is 2. The van der Waals surface area contributed by atoms with E-state index in [4.69, 9.17) is 0 Å². The van der Waals surface area contributed by atoms with E-state index >= 15 is 0 Å². The lowest BCUT2D eigenvalue weighted by Gasteiger charge is -2.34. The van der Waals surface area contributed by atoms with E-state index in [1.807, 2.05) is 7.05 Å². The zero-order valence-electron chi connectivity index (χ0n) is 14.9. The molecule has 1 aromatic rings. The van der Waals surface area contributed by atoms with E-state index in [1.165, 1.54) is 36.8 Å². The van der Waals surface area contributed by atoms with Gasteiger partial charge in [-0.2, -0.15) is 0 Å². The molecule has 0 amide bonds. The molecule has 0 radical (unpaired) electrons. The number of rotatable bonds is 4. The second-order valence-corrected chi connectivity index (χ2v) is 6.92. The van der Waals surface area contributed by atoms with E-state index in [0.717, 1.165) is 32.0 Å². The fraction of sp³-hybridized carbons (Fsp3) is 0.632. The third-order valence-electron chi connectivity index (χ3n) is 5.27. The van der Waals surface area contributed by atoms with Crippen molar-refractivity contribution in [3.63, 3.8) is 0 Å². The van der Waals surface area contributed by atoms with Crippen LogP contribution in [0.1, 0.15) is 43.7 Å². The molecule has 24 heavy (non-hydrogen) atoms. The molecule has 0 bridgehead atoms. The van der Waals surface area contributed by atoms with Crippen LogP contribution in [0.25, 0.3) is 0 Å². The summed E-state index contributed by atoms with van der Waals surface area (Å²) in [5.74, 6) is 0.959. The summed E-state index contributed by atoms with van der Waals surface area (Å²) >= 11 is 0. The molecule has 4 nitrogen and oxygen atoms in total. The average molecular weight is 442 g/mol. The quantitative estimate of drug-likeness (QED) is 0.428. The third kappa shape index (κ3) is 5.09. The molecule has 0 saturated heterocycles. The Morgan fingerprint density at radius 2 is 1.96 bits per heavy atom. The van der Waals surface area contributed by atoms with Crippen molar-refractivity contribution in [3.05, 3.63) is 35.4 Å². The van der Waals surface area contributed by atoms with E-state index in [9.17, 15) is 0 Å². The molecule has 2 aliphatic rings.